The van der Waals surface area contributed by atoms with E-state index in [1.807, 2.05) is 0 Å². The molecule has 11 heavy (non-hydrogen) atoms. The monoisotopic (exact) mass is 165 g/mol. The number of hydrogen-bond donors (Lipinski definition) is 0. The third-order valence-electron chi connectivity index (χ3n) is 1.29. The van der Waals surface area contributed by atoms with Crippen LogP contribution in [0.25, 0.3) is 0 Å². The van der Waals surface area contributed by atoms with Crippen LogP contribution >= 0.6 is 0 Å². The third-order valence-corrected chi connectivity index (χ3v) is 1.29. The molecule has 0 nitrogen and oxygen atoms in total. The van der Waals surface area contributed by atoms with Gasteiger partial charge in [0, 0.05) is 5.57 Å². The number of rotatable bonds is 0. The van der Waals surface area contributed by atoms with E-state index in [2.05, 4.69) is 0 Å². The van der Waals surface area contributed by atoms with Crippen LogP contribution in [0.2, 0.25) is 0 Å². The van der Waals surface area contributed by atoms with E-state index in [1.165, 1.54) is 0 Å². The lowest BCUT2D eigenvalue weighted by Gasteiger charge is -2.12. The highest BCUT2D eigenvalue weighted by Crippen LogP contribution is 2.32. The van der Waals surface area contributed by atoms with Crippen LogP contribution in [0.3, 0.4) is 0 Å². The third kappa shape index (κ3) is 2.06. The SMILES string of the molecule is FC1=C[CH]CC(C(F)(F)F)=C1. The second-order valence-corrected chi connectivity index (χ2v) is 2.16. The maximum atomic E-state index is 12.2. The van der Waals surface area contributed by atoms with Gasteiger partial charge in [-0.05, 0) is 25.0 Å². The van der Waals surface area contributed by atoms with Gasteiger partial charge in [-0.2, -0.15) is 13.2 Å². The molecule has 0 fully saturated rings. The van der Waals surface area contributed by atoms with Gasteiger partial charge in [-0.3, -0.25) is 0 Å². The summed E-state index contributed by atoms with van der Waals surface area (Å²) in [6, 6.07) is 0. The van der Waals surface area contributed by atoms with Crippen molar-refractivity contribution in [3.63, 3.8) is 0 Å². The molecule has 0 aromatic carbocycles. The first-order valence-corrected chi connectivity index (χ1v) is 2.97. The van der Waals surface area contributed by atoms with Gasteiger partial charge in [0.25, 0.3) is 0 Å². The molecule has 0 aromatic heterocycles. The van der Waals surface area contributed by atoms with Gasteiger partial charge in [0.05, 0.1) is 0 Å². The summed E-state index contributed by atoms with van der Waals surface area (Å²) in [6.45, 7) is 0. The predicted molar refractivity (Wildman–Crippen MR) is 32.2 cm³/mol. The van der Waals surface area contributed by atoms with Crippen molar-refractivity contribution in [2.45, 2.75) is 12.6 Å². The number of halogens is 4. The maximum Gasteiger partial charge on any atom is 0.412 e. The van der Waals surface area contributed by atoms with Crippen LogP contribution in [0.4, 0.5) is 17.6 Å². The highest BCUT2D eigenvalue weighted by molar-refractivity contribution is 5.30. The van der Waals surface area contributed by atoms with E-state index in [0.29, 0.717) is 6.08 Å². The second-order valence-electron chi connectivity index (χ2n) is 2.16. The zero-order chi connectivity index (χ0) is 8.48. The average molecular weight is 165 g/mol. The molecule has 0 aromatic rings. The van der Waals surface area contributed by atoms with Crippen molar-refractivity contribution >= 4 is 0 Å². The zero-order valence-electron chi connectivity index (χ0n) is 5.45. The zero-order valence-corrected chi connectivity index (χ0v) is 5.45. The lowest BCUT2D eigenvalue weighted by molar-refractivity contribution is -0.0934. The Morgan fingerprint density at radius 3 is 2.27 bits per heavy atom. The first-order chi connectivity index (χ1) is 5.00. The van der Waals surface area contributed by atoms with Gasteiger partial charge in [-0.25, -0.2) is 4.39 Å². The lowest BCUT2D eigenvalue weighted by Crippen LogP contribution is -2.13. The van der Waals surface area contributed by atoms with Crippen LogP contribution < -0.4 is 0 Å². The molecule has 0 unspecified atom stereocenters. The lowest BCUT2D eigenvalue weighted by atomic mass is 10.0. The quantitative estimate of drug-likeness (QED) is 0.484. The number of alkyl halides is 3. The minimum Gasteiger partial charge on any atom is -0.207 e. The van der Waals surface area contributed by atoms with E-state index in [0.717, 1.165) is 12.5 Å². The Labute approximate surface area is 61.2 Å². The highest BCUT2D eigenvalue weighted by atomic mass is 19.4. The Balaban J connectivity index is 2.82. The minimum atomic E-state index is -4.40. The molecule has 1 radical (unpaired) electrons. The molecule has 0 amide bonds. The summed E-state index contributed by atoms with van der Waals surface area (Å²) >= 11 is 0. The summed E-state index contributed by atoms with van der Waals surface area (Å²) < 4.78 is 47.7. The minimum absolute atomic E-state index is 0.239. The van der Waals surface area contributed by atoms with Crippen molar-refractivity contribution < 1.29 is 17.6 Å². The van der Waals surface area contributed by atoms with Crippen molar-refractivity contribution in [1.82, 2.24) is 0 Å². The first kappa shape index (κ1) is 8.30. The Morgan fingerprint density at radius 2 is 1.91 bits per heavy atom. The van der Waals surface area contributed by atoms with Crippen LogP contribution in [0.5, 0.6) is 0 Å². The van der Waals surface area contributed by atoms with Gasteiger partial charge in [-0.15, -0.1) is 0 Å². The molecule has 0 heterocycles. The van der Waals surface area contributed by atoms with Gasteiger partial charge in [0.2, 0.25) is 0 Å². The molecular formula is C7H5F4. The van der Waals surface area contributed by atoms with Gasteiger partial charge in [-0.1, -0.05) is 0 Å². The van der Waals surface area contributed by atoms with Gasteiger partial charge >= 0.3 is 6.18 Å². The Bertz CT molecular complexity index is 209. The standard InChI is InChI=1S/C7H5F4/c8-6-3-1-2-5(4-6)7(9,10)11/h1,3-4H,2H2. The van der Waals surface area contributed by atoms with E-state index in [1.54, 1.807) is 0 Å². The first-order valence-electron chi connectivity index (χ1n) is 2.97. The van der Waals surface area contributed by atoms with Crippen LogP contribution in [0.1, 0.15) is 6.42 Å². The molecule has 0 saturated heterocycles. The van der Waals surface area contributed by atoms with E-state index < -0.39 is 17.6 Å². The van der Waals surface area contributed by atoms with Crippen LogP contribution in [0.15, 0.2) is 23.6 Å². The topological polar surface area (TPSA) is 0 Å². The molecular weight excluding hydrogens is 160 g/mol. The van der Waals surface area contributed by atoms with Gasteiger partial charge in [0.15, 0.2) is 0 Å². The van der Waals surface area contributed by atoms with Crippen LogP contribution in [-0.2, 0) is 0 Å². The fraction of sp³-hybridized carbons (Fsp3) is 0.286. The fourth-order valence-electron chi connectivity index (χ4n) is 0.770. The molecule has 0 bridgehead atoms. The molecule has 1 aliphatic carbocycles. The smallest absolute Gasteiger partial charge is 0.207 e. The maximum absolute atomic E-state index is 12.2. The molecule has 61 valence electrons. The number of allylic oxidation sites excluding steroid dienone is 4. The van der Waals surface area contributed by atoms with Crippen molar-refractivity contribution in [2.75, 3.05) is 0 Å². The summed E-state index contributed by atoms with van der Waals surface area (Å²) in [7, 11) is 0. The van der Waals surface area contributed by atoms with Crippen molar-refractivity contribution in [3.05, 3.63) is 30.0 Å². The molecule has 0 atom stereocenters. The summed E-state index contributed by atoms with van der Waals surface area (Å²) in [4.78, 5) is 0. The predicted octanol–water partition coefficient (Wildman–Crippen LogP) is 2.94. The van der Waals surface area contributed by atoms with Crippen LogP contribution in [0, 0.1) is 6.42 Å². The summed E-state index contributed by atoms with van der Waals surface area (Å²) in [6.07, 6.45) is -1.95. The molecule has 0 spiro atoms. The van der Waals surface area contributed by atoms with E-state index in [-0.39, 0.29) is 6.42 Å². The summed E-state index contributed by atoms with van der Waals surface area (Å²) in [5, 5.41) is 0. The van der Waals surface area contributed by atoms with E-state index in [4.69, 9.17) is 0 Å². The molecule has 1 rings (SSSR count). The summed E-state index contributed by atoms with van der Waals surface area (Å²) in [5.41, 5.74) is -0.836. The summed E-state index contributed by atoms with van der Waals surface area (Å²) in [5.74, 6) is -0.844. The average Bonchev–Trinajstić information content (AvgIpc) is 1.86. The molecule has 0 saturated carbocycles. The normalized spacial score (nSPS) is 19.3. The Hall–Kier alpha value is -0.800. The fourth-order valence-corrected chi connectivity index (χ4v) is 0.770. The van der Waals surface area contributed by atoms with E-state index in [9.17, 15) is 17.6 Å². The van der Waals surface area contributed by atoms with Crippen molar-refractivity contribution in [1.29, 1.82) is 0 Å². The molecule has 0 N–H and O–H groups in total. The molecule has 1 aliphatic rings. The van der Waals surface area contributed by atoms with Crippen molar-refractivity contribution in [3.8, 4) is 0 Å². The second kappa shape index (κ2) is 2.68. The van der Waals surface area contributed by atoms with Gasteiger partial charge in [0.1, 0.15) is 5.83 Å². The molecule has 4 heteroatoms. The van der Waals surface area contributed by atoms with Crippen LogP contribution in [-0.4, -0.2) is 6.18 Å². The Morgan fingerprint density at radius 1 is 1.27 bits per heavy atom. The highest BCUT2D eigenvalue weighted by Gasteiger charge is 2.33. The largest absolute Gasteiger partial charge is 0.412 e. The van der Waals surface area contributed by atoms with Crippen molar-refractivity contribution in [2.24, 2.45) is 0 Å². The molecule has 0 aliphatic heterocycles. The van der Waals surface area contributed by atoms with E-state index >= 15 is 0 Å². The van der Waals surface area contributed by atoms with Gasteiger partial charge < -0.3 is 0 Å². The number of hydrogen-bond acceptors (Lipinski definition) is 0. The Kier molecular flexibility index (Phi) is 2.02.